The lowest BCUT2D eigenvalue weighted by molar-refractivity contribution is -0.145. The molecule has 0 spiro atoms. The van der Waals surface area contributed by atoms with E-state index >= 15 is 0 Å². The first-order chi connectivity index (χ1) is 11.3. The maximum absolute atomic E-state index is 12.5. The molecule has 1 fully saturated rings. The SMILES string of the molecule is Cc1ccc(Br)cc1C(=O)N(C)CC(=O)N1CCC(C(=O)O)CC1. The Hall–Kier alpha value is -1.89. The molecule has 0 bridgehead atoms. The van der Waals surface area contributed by atoms with Gasteiger partial charge in [-0.2, -0.15) is 0 Å². The van der Waals surface area contributed by atoms with Crippen LogP contribution in [0.25, 0.3) is 0 Å². The zero-order valence-electron chi connectivity index (χ0n) is 13.8. The first-order valence-electron chi connectivity index (χ1n) is 7.81. The molecule has 0 saturated carbocycles. The number of aliphatic carboxylic acids is 1. The van der Waals surface area contributed by atoms with Crippen LogP contribution in [-0.4, -0.2) is 59.4 Å². The monoisotopic (exact) mass is 396 g/mol. The van der Waals surface area contributed by atoms with Crippen LogP contribution in [0, 0.1) is 12.8 Å². The molecule has 2 amide bonds. The number of hydrogen-bond donors (Lipinski definition) is 1. The van der Waals surface area contributed by atoms with Crippen LogP contribution in [0.4, 0.5) is 0 Å². The van der Waals surface area contributed by atoms with Gasteiger partial charge in [-0.05, 0) is 37.5 Å². The average molecular weight is 397 g/mol. The van der Waals surface area contributed by atoms with Gasteiger partial charge in [0.25, 0.3) is 5.91 Å². The molecule has 0 radical (unpaired) electrons. The fourth-order valence-electron chi connectivity index (χ4n) is 2.78. The Labute approximate surface area is 149 Å². The normalized spacial score (nSPS) is 15.2. The van der Waals surface area contributed by atoms with Crippen molar-refractivity contribution in [1.29, 1.82) is 0 Å². The van der Waals surface area contributed by atoms with Crippen molar-refractivity contribution in [3.63, 3.8) is 0 Å². The summed E-state index contributed by atoms with van der Waals surface area (Å²) in [4.78, 5) is 38.9. The summed E-state index contributed by atoms with van der Waals surface area (Å²) in [6.07, 6.45) is 0.924. The number of amides is 2. The summed E-state index contributed by atoms with van der Waals surface area (Å²) in [6, 6.07) is 5.46. The van der Waals surface area contributed by atoms with Gasteiger partial charge in [0.05, 0.1) is 12.5 Å². The Bertz CT molecular complexity index is 654. The van der Waals surface area contributed by atoms with E-state index in [0.717, 1.165) is 10.0 Å². The number of carboxylic acid groups (broad SMARTS) is 1. The lowest BCUT2D eigenvalue weighted by Crippen LogP contribution is -2.45. The summed E-state index contributed by atoms with van der Waals surface area (Å²) in [5.74, 6) is -1.54. The van der Waals surface area contributed by atoms with Gasteiger partial charge < -0.3 is 14.9 Å². The Morgan fingerprint density at radius 1 is 1.29 bits per heavy atom. The van der Waals surface area contributed by atoms with Crippen molar-refractivity contribution in [2.75, 3.05) is 26.7 Å². The second-order valence-corrected chi connectivity index (χ2v) is 7.03. The fraction of sp³-hybridized carbons (Fsp3) is 0.471. The zero-order valence-corrected chi connectivity index (χ0v) is 15.4. The minimum Gasteiger partial charge on any atom is -0.481 e. The van der Waals surface area contributed by atoms with Gasteiger partial charge in [0, 0.05) is 30.2 Å². The second kappa shape index (κ2) is 7.79. The second-order valence-electron chi connectivity index (χ2n) is 6.11. The number of benzene rings is 1. The van der Waals surface area contributed by atoms with Gasteiger partial charge >= 0.3 is 5.97 Å². The predicted octanol–water partition coefficient (Wildman–Crippen LogP) is 2.15. The van der Waals surface area contributed by atoms with Crippen LogP contribution < -0.4 is 0 Å². The Morgan fingerprint density at radius 2 is 1.92 bits per heavy atom. The smallest absolute Gasteiger partial charge is 0.306 e. The molecule has 0 unspecified atom stereocenters. The zero-order chi connectivity index (χ0) is 17.9. The molecule has 1 saturated heterocycles. The van der Waals surface area contributed by atoms with E-state index in [4.69, 9.17) is 5.11 Å². The molecule has 130 valence electrons. The topological polar surface area (TPSA) is 77.9 Å². The van der Waals surface area contributed by atoms with E-state index in [2.05, 4.69) is 15.9 Å². The highest BCUT2D eigenvalue weighted by atomic mass is 79.9. The third kappa shape index (κ3) is 4.35. The highest BCUT2D eigenvalue weighted by molar-refractivity contribution is 9.10. The van der Waals surface area contributed by atoms with E-state index in [0.29, 0.717) is 31.5 Å². The maximum Gasteiger partial charge on any atom is 0.306 e. The van der Waals surface area contributed by atoms with Crippen molar-refractivity contribution in [3.8, 4) is 0 Å². The van der Waals surface area contributed by atoms with E-state index in [1.54, 1.807) is 18.0 Å². The summed E-state index contributed by atoms with van der Waals surface area (Å²) >= 11 is 3.35. The van der Waals surface area contributed by atoms with E-state index in [-0.39, 0.29) is 24.3 Å². The number of rotatable bonds is 4. The van der Waals surface area contributed by atoms with Crippen LogP contribution in [-0.2, 0) is 9.59 Å². The third-order valence-electron chi connectivity index (χ3n) is 4.35. The molecule has 1 aromatic carbocycles. The van der Waals surface area contributed by atoms with E-state index in [9.17, 15) is 14.4 Å². The van der Waals surface area contributed by atoms with Crippen LogP contribution in [0.1, 0.15) is 28.8 Å². The van der Waals surface area contributed by atoms with E-state index in [1.807, 2.05) is 19.1 Å². The number of nitrogens with zero attached hydrogens (tertiary/aromatic N) is 2. The molecule has 24 heavy (non-hydrogen) atoms. The molecule has 1 N–H and O–H groups in total. The predicted molar refractivity (Wildman–Crippen MR) is 92.8 cm³/mol. The molecule has 6 nitrogen and oxygen atoms in total. The fourth-order valence-corrected chi connectivity index (χ4v) is 3.14. The standard InChI is InChI=1S/C17H21BrN2O4/c1-11-3-4-13(18)9-14(11)16(22)19(2)10-15(21)20-7-5-12(6-8-20)17(23)24/h3-4,9,12H,5-8,10H2,1-2H3,(H,23,24). The van der Waals surface area contributed by atoms with Crippen LogP contribution in [0.2, 0.25) is 0 Å². The number of likely N-dealkylation sites (tertiary alicyclic amines) is 1. The van der Waals surface area contributed by atoms with Crippen molar-refractivity contribution >= 4 is 33.7 Å². The maximum atomic E-state index is 12.5. The van der Waals surface area contributed by atoms with Crippen molar-refractivity contribution < 1.29 is 19.5 Å². The van der Waals surface area contributed by atoms with Crippen LogP contribution in [0.5, 0.6) is 0 Å². The summed E-state index contributed by atoms with van der Waals surface area (Å²) in [7, 11) is 1.60. The van der Waals surface area contributed by atoms with Crippen molar-refractivity contribution in [3.05, 3.63) is 33.8 Å². The van der Waals surface area contributed by atoms with Crippen LogP contribution in [0.15, 0.2) is 22.7 Å². The molecule has 0 atom stereocenters. The number of piperidine rings is 1. The molecule has 0 aliphatic carbocycles. The highest BCUT2D eigenvalue weighted by Gasteiger charge is 2.28. The molecule has 7 heteroatoms. The van der Waals surface area contributed by atoms with Gasteiger partial charge in [-0.1, -0.05) is 22.0 Å². The molecular formula is C17H21BrN2O4. The third-order valence-corrected chi connectivity index (χ3v) is 4.84. The molecule has 0 aromatic heterocycles. The summed E-state index contributed by atoms with van der Waals surface area (Å²) < 4.78 is 0.812. The Balaban J connectivity index is 1.95. The number of hydrogen-bond acceptors (Lipinski definition) is 3. The Kier molecular flexibility index (Phi) is 5.99. The summed E-state index contributed by atoms with van der Waals surface area (Å²) in [5, 5.41) is 9.00. The van der Waals surface area contributed by atoms with Crippen molar-refractivity contribution in [2.24, 2.45) is 5.92 Å². The molecule has 1 aromatic rings. The largest absolute Gasteiger partial charge is 0.481 e. The van der Waals surface area contributed by atoms with Gasteiger partial charge in [-0.3, -0.25) is 14.4 Å². The van der Waals surface area contributed by atoms with Gasteiger partial charge in [-0.15, -0.1) is 0 Å². The van der Waals surface area contributed by atoms with Gasteiger partial charge in [0.2, 0.25) is 5.91 Å². The number of halogens is 1. The summed E-state index contributed by atoms with van der Waals surface area (Å²) in [5.41, 5.74) is 1.41. The van der Waals surface area contributed by atoms with Crippen molar-refractivity contribution in [1.82, 2.24) is 9.80 Å². The number of aryl methyl sites for hydroxylation is 1. The minimum atomic E-state index is -0.806. The highest BCUT2D eigenvalue weighted by Crippen LogP contribution is 2.19. The Morgan fingerprint density at radius 3 is 2.50 bits per heavy atom. The van der Waals surface area contributed by atoms with Gasteiger partial charge in [-0.25, -0.2) is 0 Å². The van der Waals surface area contributed by atoms with E-state index in [1.165, 1.54) is 4.90 Å². The minimum absolute atomic E-state index is 0.0114. The lowest BCUT2D eigenvalue weighted by Gasteiger charge is -2.31. The molecular weight excluding hydrogens is 376 g/mol. The molecule has 1 heterocycles. The lowest BCUT2D eigenvalue weighted by atomic mass is 9.97. The first kappa shape index (κ1) is 18.4. The van der Waals surface area contributed by atoms with E-state index < -0.39 is 5.97 Å². The number of likely N-dealkylation sites (N-methyl/N-ethyl adjacent to an activating group) is 1. The first-order valence-corrected chi connectivity index (χ1v) is 8.61. The number of carbonyl (C=O) groups is 3. The quantitative estimate of drug-likeness (QED) is 0.845. The molecule has 1 aliphatic heterocycles. The van der Waals surface area contributed by atoms with Gasteiger partial charge in [0.1, 0.15) is 0 Å². The molecule has 1 aliphatic rings. The number of carboxylic acids is 1. The molecule has 2 rings (SSSR count). The van der Waals surface area contributed by atoms with Crippen LogP contribution >= 0.6 is 15.9 Å². The number of carbonyl (C=O) groups excluding carboxylic acids is 2. The van der Waals surface area contributed by atoms with Crippen molar-refractivity contribution in [2.45, 2.75) is 19.8 Å². The summed E-state index contributed by atoms with van der Waals surface area (Å²) in [6.45, 7) is 2.69. The van der Waals surface area contributed by atoms with Crippen LogP contribution in [0.3, 0.4) is 0 Å². The average Bonchev–Trinajstić information content (AvgIpc) is 2.56. The van der Waals surface area contributed by atoms with Gasteiger partial charge in [0.15, 0.2) is 0 Å².